The van der Waals surface area contributed by atoms with Crippen LogP contribution >= 0.6 is 11.3 Å². The summed E-state index contributed by atoms with van der Waals surface area (Å²) < 4.78 is 5.44. The summed E-state index contributed by atoms with van der Waals surface area (Å²) in [4.78, 5) is 20.0. The van der Waals surface area contributed by atoms with Gasteiger partial charge in [0.05, 0.1) is 6.20 Å². The van der Waals surface area contributed by atoms with Crippen molar-refractivity contribution in [3.8, 4) is 0 Å². The van der Waals surface area contributed by atoms with E-state index in [1.807, 2.05) is 13.0 Å². The highest BCUT2D eigenvalue weighted by atomic mass is 32.1. The summed E-state index contributed by atoms with van der Waals surface area (Å²) in [5.74, 6) is 1.30. The first-order valence-corrected chi connectivity index (χ1v) is 6.35. The normalized spacial score (nSPS) is 11.0. The number of thiazole rings is 1. The van der Waals surface area contributed by atoms with Gasteiger partial charge in [-0.2, -0.15) is 0 Å². The summed E-state index contributed by atoms with van der Waals surface area (Å²) >= 11 is 1.39. The van der Waals surface area contributed by atoms with Crippen LogP contribution in [0.25, 0.3) is 12.2 Å². The number of hydrogen-bond donors (Lipinski definition) is 1. The van der Waals surface area contributed by atoms with Crippen molar-refractivity contribution >= 4 is 34.5 Å². The van der Waals surface area contributed by atoms with Gasteiger partial charge in [-0.05, 0) is 6.08 Å². The maximum atomic E-state index is 10.9. The van der Waals surface area contributed by atoms with Gasteiger partial charge < -0.3 is 9.73 Å². The molecule has 1 amide bonds. The zero-order chi connectivity index (χ0) is 13.0. The summed E-state index contributed by atoms with van der Waals surface area (Å²) in [6.07, 6.45) is 7.87. The Bertz CT molecular complexity index is 571. The van der Waals surface area contributed by atoms with Crippen LogP contribution < -0.4 is 5.32 Å². The average molecular weight is 263 g/mol. The van der Waals surface area contributed by atoms with E-state index < -0.39 is 0 Å². The highest BCUT2D eigenvalue weighted by molar-refractivity contribution is 7.16. The summed E-state index contributed by atoms with van der Waals surface area (Å²) in [6.45, 7) is 3.47. The van der Waals surface area contributed by atoms with Crippen molar-refractivity contribution in [2.75, 3.05) is 5.32 Å². The smallest absolute Gasteiger partial charge is 0.223 e. The fourth-order valence-electron chi connectivity index (χ4n) is 1.29. The van der Waals surface area contributed by atoms with E-state index >= 15 is 0 Å². The SMILES string of the molecule is CCc1cnc(C=Cc2cnc(NC(C)=O)s2)o1. The summed E-state index contributed by atoms with van der Waals surface area (Å²) in [5, 5.41) is 3.22. The topological polar surface area (TPSA) is 68.0 Å². The van der Waals surface area contributed by atoms with Crippen molar-refractivity contribution < 1.29 is 9.21 Å². The van der Waals surface area contributed by atoms with Gasteiger partial charge in [0, 0.05) is 30.5 Å². The third kappa shape index (κ3) is 3.27. The van der Waals surface area contributed by atoms with Gasteiger partial charge in [0.2, 0.25) is 11.8 Å². The lowest BCUT2D eigenvalue weighted by molar-refractivity contribution is -0.114. The molecule has 0 spiro atoms. The van der Waals surface area contributed by atoms with Gasteiger partial charge >= 0.3 is 0 Å². The number of carbonyl (C=O) groups is 1. The quantitative estimate of drug-likeness (QED) is 0.921. The first-order chi connectivity index (χ1) is 8.67. The zero-order valence-corrected chi connectivity index (χ0v) is 11.0. The number of nitrogens with one attached hydrogen (secondary N) is 1. The molecule has 0 saturated heterocycles. The fraction of sp³-hybridized carbons (Fsp3) is 0.250. The van der Waals surface area contributed by atoms with Gasteiger partial charge in [-0.15, -0.1) is 0 Å². The lowest BCUT2D eigenvalue weighted by Crippen LogP contribution is -2.04. The molecule has 5 nitrogen and oxygen atoms in total. The Kier molecular flexibility index (Phi) is 3.88. The lowest BCUT2D eigenvalue weighted by Gasteiger charge is -1.91. The number of rotatable bonds is 4. The first kappa shape index (κ1) is 12.5. The molecule has 6 heteroatoms. The summed E-state index contributed by atoms with van der Waals surface area (Å²) in [7, 11) is 0. The molecule has 2 aromatic rings. The summed E-state index contributed by atoms with van der Waals surface area (Å²) in [6, 6.07) is 0. The number of aromatic nitrogens is 2. The Labute approximate surface area is 109 Å². The maximum Gasteiger partial charge on any atom is 0.223 e. The Morgan fingerprint density at radius 1 is 1.44 bits per heavy atom. The number of anilines is 1. The molecule has 1 N–H and O–H groups in total. The Balaban J connectivity index is 2.04. The number of hydrogen-bond acceptors (Lipinski definition) is 5. The molecule has 2 aromatic heterocycles. The minimum absolute atomic E-state index is 0.125. The van der Waals surface area contributed by atoms with Gasteiger partial charge in [0.15, 0.2) is 5.13 Å². The highest BCUT2D eigenvalue weighted by Gasteiger charge is 2.02. The van der Waals surface area contributed by atoms with Gasteiger partial charge in [0.1, 0.15) is 5.76 Å². The van der Waals surface area contributed by atoms with Crippen molar-refractivity contribution in [1.29, 1.82) is 0 Å². The molecular weight excluding hydrogens is 250 g/mol. The van der Waals surface area contributed by atoms with E-state index in [0.717, 1.165) is 17.1 Å². The molecule has 0 atom stereocenters. The van der Waals surface area contributed by atoms with Gasteiger partial charge in [-0.1, -0.05) is 18.3 Å². The number of nitrogens with zero attached hydrogens (tertiary/aromatic N) is 2. The third-order valence-corrected chi connectivity index (χ3v) is 2.99. The second-order valence-corrected chi connectivity index (χ2v) is 4.66. The van der Waals surface area contributed by atoms with Crippen molar-refractivity contribution in [3.05, 3.63) is 28.9 Å². The molecule has 0 bridgehead atoms. The van der Waals surface area contributed by atoms with Crippen LogP contribution in [0.1, 0.15) is 30.4 Å². The Morgan fingerprint density at radius 3 is 2.94 bits per heavy atom. The van der Waals surface area contributed by atoms with E-state index in [0.29, 0.717) is 11.0 Å². The Hall–Kier alpha value is -1.95. The third-order valence-electron chi connectivity index (χ3n) is 2.12. The molecule has 2 rings (SSSR count). The van der Waals surface area contributed by atoms with Crippen LogP contribution in [0.15, 0.2) is 16.8 Å². The number of carbonyl (C=O) groups excluding carboxylic acids is 1. The molecule has 0 aliphatic rings. The van der Waals surface area contributed by atoms with E-state index in [9.17, 15) is 4.79 Å². The van der Waals surface area contributed by atoms with Crippen LogP contribution in [0.4, 0.5) is 5.13 Å². The molecule has 18 heavy (non-hydrogen) atoms. The summed E-state index contributed by atoms with van der Waals surface area (Å²) in [5.41, 5.74) is 0. The molecule has 0 radical (unpaired) electrons. The van der Waals surface area contributed by atoms with Crippen molar-refractivity contribution in [2.24, 2.45) is 0 Å². The second kappa shape index (κ2) is 5.59. The fourth-order valence-corrected chi connectivity index (χ4v) is 2.05. The van der Waals surface area contributed by atoms with Crippen LogP contribution in [0.3, 0.4) is 0 Å². The Morgan fingerprint density at radius 2 is 2.28 bits per heavy atom. The van der Waals surface area contributed by atoms with Gasteiger partial charge in [-0.25, -0.2) is 9.97 Å². The maximum absolute atomic E-state index is 10.9. The van der Waals surface area contributed by atoms with Crippen LogP contribution in [0.2, 0.25) is 0 Å². The molecule has 0 aliphatic carbocycles. The molecule has 0 saturated carbocycles. The van der Waals surface area contributed by atoms with E-state index in [-0.39, 0.29) is 5.91 Å². The molecular formula is C12H13N3O2S. The molecule has 0 aliphatic heterocycles. The first-order valence-electron chi connectivity index (χ1n) is 5.53. The van der Waals surface area contributed by atoms with E-state index in [1.54, 1.807) is 18.5 Å². The number of oxazole rings is 1. The van der Waals surface area contributed by atoms with E-state index in [2.05, 4.69) is 15.3 Å². The zero-order valence-electron chi connectivity index (χ0n) is 10.1. The van der Waals surface area contributed by atoms with Gasteiger partial charge in [-0.3, -0.25) is 4.79 Å². The minimum atomic E-state index is -0.125. The number of amides is 1. The highest BCUT2D eigenvalue weighted by Crippen LogP contribution is 2.20. The van der Waals surface area contributed by atoms with Crippen molar-refractivity contribution in [2.45, 2.75) is 20.3 Å². The molecule has 0 aromatic carbocycles. The van der Waals surface area contributed by atoms with Crippen molar-refractivity contribution in [1.82, 2.24) is 9.97 Å². The minimum Gasteiger partial charge on any atom is -0.442 e. The number of aryl methyl sites for hydroxylation is 1. The van der Waals surface area contributed by atoms with E-state index in [1.165, 1.54) is 18.3 Å². The van der Waals surface area contributed by atoms with Crippen LogP contribution in [-0.2, 0) is 11.2 Å². The molecule has 94 valence electrons. The van der Waals surface area contributed by atoms with Crippen LogP contribution in [0, 0.1) is 0 Å². The van der Waals surface area contributed by atoms with Gasteiger partial charge in [0.25, 0.3) is 0 Å². The van der Waals surface area contributed by atoms with Crippen LogP contribution in [-0.4, -0.2) is 15.9 Å². The largest absolute Gasteiger partial charge is 0.442 e. The predicted molar refractivity (Wildman–Crippen MR) is 71.2 cm³/mol. The average Bonchev–Trinajstić information content (AvgIpc) is 2.94. The molecule has 2 heterocycles. The van der Waals surface area contributed by atoms with E-state index in [4.69, 9.17) is 4.42 Å². The second-order valence-electron chi connectivity index (χ2n) is 3.60. The van der Waals surface area contributed by atoms with Crippen molar-refractivity contribution in [3.63, 3.8) is 0 Å². The molecule has 0 fully saturated rings. The predicted octanol–water partition coefficient (Wildman–Crippen LogP) is 2.82. The monoisotopic (exact) mass is 263 g/mol. The lowest BCUT2D eigenvalue weighted by atomic mass is 10.4. The van der Waals surface area contributed by atoms with Crippen LogP contribution in [0.5, 0.6) is 0 Å². The molecule has 0 unspecified atom stereocenters. The standard InChI is InChI=1S/C12H13N3O2S/c1-3-9-6-13-11(17-9)5-4-10-7-14-12(18-10)15-8(2)16/h4-7H,3H2,1-2H3,(H,14,15,16).